The highest BCUT2D eigenvalue weighted by atomic mass is 35.5. The van der Waals surface area contributed by atoms with E-state index in [-0.39, 0.29) is 11.6 Å². The van der Waals surface area contributed by atoms with E-state index in [1.807, 2.05) is 31.6 Å². The molecule has 2 aliphatic rings. The van der Waals surface area contributed by atoms with E-state index in [1.165, 1.54) is 0 Å². The number of amides is 1. The summed E-state index contributed by atoms with van der Waals surface area (Å²) in [5, 5.41) is 4.92. The zero-order valence-electron chi connectivity index (χ0n) is 11.4. The molecule has 1 saturated heterocycles. The summed E-state index contributed by atoms with van der Waals surface area (Å²) in [6.07, 6.45) is 4.30. The SMILES string of the molecule is CC(C)(C)OC(=O)N1CC2CC2(n2cc(Cl)cn2)C1. The van der Waals surface area contributed by atoms with Crippen LogP contribution in [0.3, 0.4) is 0 Å². The van der Waals surface area contributed by atoms with Crippen molar-refractivity contribution in [2.75, 3.05) is 13.1 Å². The van der Waals surface area contributed by atoms with Gasteiger partial charge in [0.05, 0.1) is 16.8 Å². The Morgan fingerprint density at radius 2 is 2.32 bits per heavy atom. The van der Waals surface area contributed by atoms with Gasteiger partial charge in [-0.05, 0) is 27.2 Å². The highest BCUT2D eigenvalue weighted by Crippen LogP contribution is 2.55. The number of nitrogens with zero attached hydrogens (tertiary/aromatic N) is 3. The summed E-state index contributed by atoms with van der Waals surface area (Å²) >= 11 is 5.92. The normalized spacial score (nSPS) is 29.3. The van der Waals surface area contributed by atoms with Crippen molar-refractivity contribution in [3.63, 3.8) is 0 Å². The van der Waals surface area contributed by atoms with E-state index < -0.39 is 5.60 Å². The Hall–Kier alpha value is -1.23. The van der Waals surface area contributed by atoms with Crippen LogP contribution in [0.25, 0.3) is 0 Å². The molecule has 0 radical (unpaired) electrons. The van der Waals surface area contributed by atoms with Gasteiger partial charge in [0.2, 0.25) is 0 Å². The molecule has 2 atom stereocenters. The number of likely N-dealkylation sites (tertiary alicyclic amines) is 1. The number of rotatable bonds is 1. The van der Waals surface area contributed by atoms with Crippen LogP contribution in [0, 0.1) is 5.92 Å². The van der Waals surface area contributed by atoms with Crippen LogP contribution in [0.15, 0.2) is 12.4 Å². The van der Waals surface area contributed by atoms with E-state index in [2.05, 4.69) is 5.10 Å². The molecule has 2 fully saturated rings. The first-order valence-electron chi connectivity index (χ1n) is 6.49. The highest BCUT2D eigenvalue weighted by molar-refractivity contribution is 6.30. The summed E-state index contributed by atoms with van der Waals surface area (Å²) in [7, 11) is 0. The first-order chi connectivity index (χ1) is 8.80. The molecule has 1 aliphatic heterocycles. The van der Waals surface area contributed by atoms with Gasteiger partial charge in [-0.15, -0.1) is 0 Å². The number of ether oxygens (including phenoxy) is 1. The molecule has 1 aliphatic carbocycles. The molecular formula is C13H18ClN3O2. The van der Waals surface area contributed by atoms with Gasteiger partial charge >= 0.3 is 6.09 Å². The Balaban J connectivity index is 1.70. The van der Waals surface area contributed by atoms with Gasteiger partial charge in [-0.1, -0.05) is 11.6 Å². The van der Waals surface area contributed by atoms with Crippen LogP contribution in [-0.4, -0.2) is 39.5 Å². The lowest BCUT2D eigenvalue weighted by atomic mass is 10.2. The van der Waals surface area contributed by atoms with Crippen molar-refractivity contribution < 1.29 is 9.53 Å². The standard InChI is InChI=1S/C13H18ClN3O2/c1-12(2,3)19-11(18)16-6-9-4-13(9,8-16)17-7-10(14)5-15-17/h5,7,9H,4,6,8H2,1-3H3. The maximum atomic E-state index is 12.1. The minimum Gasteiger partial charge on any atom is -0.444 e. The van der Waals surface area contributed by atoms with E-state index in [9.17, 15) is 4.79 Å². The van der Waals surface area contributed by atoms with Crippen molar-refractivity contribution in [2.45, 2.75) is 38.3 Å². The number of halogens is 1. The molecule has 3 rings (SSSR count). The minimum absolute atomic E-state index is 0.0515. The molecule has 1 amide bonds. The predicted octanol–water partition coefficient (Wildman–Crippen LogP) is 2.50. The number of piperidine rings is 1. The number of carbonyl (C=O) groups is 1. The second-order valence-electron chi connectivity index (χ2n) is 6.47. The third-order valence-electron chi connectivity index (χ3n) is 3.76. The molecule has 1 aromatic rings. The Labute approximate surface area is 117 Å². The van der Waals surface area contributed by atoms with Crippen molar-refractivity contribution in [1.82, 2.24) is 14.7 Å². The number of carbonyl (C=O) groups excluding carboxylic acids is 1. The molecule has 1 saturated carbocycles. The second-order valence-corrected chi connectivity index (χ2v) is 6.91. The third kappa shape index (κ3) is 2.20. The summed E-state index contributed by atoms with van der Waals surface area (Å²) in [5.41, 5.74) is -0.504. The number of hydrogen-bond donors (Lipinski definition) is 0. The first kappa shape index (κ1) is 12.8. The fraction of sp³-hybridized carbons (Fsp3) is 0.692. The van der Waals surface area contributed by atoms with Gasteiger partial charge in [-0.3, -0.25) is 4.68 Å². The molecule has 104 valence electrons. The Morgan fingerprint density at radius 3 is 2.89 bits per heavy atom. The lowest BCUT2D eigenvalue weighted by Gasteiger charge is -2.26. The number of hydrogen-bond acceptors (Lipinski definition) is 3. The third-order valence-corrected chi connectivity index (χ3v) is 3.96. The molecule has 0 aromatic carbocycles. The van der Waals surface area contributed by atoms with Crippen molar-refractivity contribution >= 4 is 17.7 Å². The molecule has 2 unspecified atom stereocenters. The lowest BCUT2D eigenvalue weighted by Crippen LogP contribution is -2.38. The first-order valence-corrected chi connectivity index (χ1v) is 6.87. The van der Waals surface area contributed by atoms with Crippen LogP contribution in [0.5, 0.6) is 0 Å². The average molecular weight is 284 g/mol. The molecule has 6 heteroatoms. The molecule has 5 nitrogen and oxygen atoms in total. The zero-order valence-corrected chi connectivity index (χ0v) is 12.1. The van der Waals surface area contributed by atoms with Crippen molar-refractivity contribution in [3.05, 3.63) is 17.4 Å². The minimum atomic E-state index is -0.452. The van der Waals surface area contributed by atoms with Gasteiger partial charge in [0.25, 0.3) is 0 Å². The molecule has 0 bridgehead atoms. The van der Waals surface area contributed by atoms with Crippen LogP contribution < -0.4 is 0 Å². The average Bonchev–Trinajstić information content (AvgIpc) is 2.68. The van der Waals surface area contributed by atoms with Crippen molar-refractivity contribution in [3.8, 4) is 0 Å². The molecular weight excluding hydrogens is 266 g/mol. The maximum absolute atomic E-state index is 12.1. The van der Waals surface area contributed by atoms with Crippen LogP contribution in [0.2, 0.25) is 5.02 Å². The monoisotopic (exact) mass is 283 g/mol. The Morgan fingerprint density at radius 1 is 1.58 bits per heavy atom. The Kier molecular flexibility index (Phi) is 2.61. The lowest BCUT2D eigenvalue weighted by molar-refractivity contribution is 0.0262. The van der Waals surface area contributed by atoms with E-state index in [4.69, 9.17) is 16.3 Å². The van der Waals surface area contributed by atoms with Gasteiger partial charge in [-0.2, -0.15) is 5.10 Å². The van der Waals surface area contributed by atoms with Crippen molar-refractivity contribution in [1.29, 1.82) is 0 Å². The Bertz CT molecular complexity index is 522. The smallest absolute Gasteiger partial charge is 0.410 e. The highest BCUT2D eigenvalue weighted by Gasteiger charge is 2.63. The largest absolute Gasteiger partial charge is 0.444 e. The summed E-state index contributed by atoms with van der Waals surface area (Å²) in [6.45, 7) is 7.04. The summed E-state index contributed by atoms with van der Waals surface area (Å²) in [6, 6.07) is 0. The maximum Gasteiger partial charge on any atom is 0.410 e. The van der Waals surface area contributed by atoms with Crippen LogP contribution in [0.4, 0.5) is 4.79 Å². The van der Waals surface area contributed by atoms with E-state index in [1.54, 1.807) is 11.1 Å². The van der Waals surface area contributed by atoms with Gasteiger partial charge < -0.3 is 9.64 Å². The van der Waals surface area contributed by atoms with Gasteiger partial charge in [0.1, 0.15) is 5.60 Å². The molecule has 1 aromatic heterocycles. The quantitative estimate of drug-likeness (QED) is 0.796. The topological polar surface area (TPSA) is 47.4 Å². The summed E-state index contributed by atoms with van der Waals surface area (Å²) < 4.78 is 7.31. The molecule has 0 spiro atoms. The second kappa shape index (κ2) is 3.88. The van der Waals surface area contributed by atoms with Gasteiger partial charge in [0, 0.05) is 25.2 Å². The fourth-order valence-electron chi connectivity index (χ4n) is 2.82. The van der Waals surface area contributed by atoms with Crippen molar-refractivity contribution in [2.24, 2.45) is 5.92 Å². The van der Waals surface area contributed by atoms with Gasteiger partial charge in [-0.25, -0.2) is 4.79 Å². The predicted molar refractivity (Wildman–Crippen MR) is 71.1 cm³/mol. The molecule has 0 N–H and O–H groups in total. The summed E-state index contributed by atoms with van der Waals surface area (Å²) in [5.74, 6) is 0.469. The van der Waals surface area contributed by atoms with E-state index >= 15 is 0 Å². The van der Waals surface area contributed by atoms with Crippen LogP contribution in [-0.2, 0) is 10.3 Å². The van der Waals surface area contributed by atoms with E-state index in [0.29, 0.717) is 17.5 Å². The molecule has 2 heterocycles. The number of fused-ring (bicyclic) bond motifs is 1. The fourth-order valence-corrected chi connectivity index (χ4v) is 2.96. The van der Waals surface area contributed by atoms with Crippen LogP contribution in [0.1, 0.15) is 27.2 Å². The van der Waals surface area contributed by atoms with E-state index in [0.717, 1.165) is 13.0 Å². The van der Waals surface area contributed by atoms with Crippen LogP contribution >= 0.6 is 11.6 Å². The van der Waals surface area contributed by atoms with Gasteiger partial charge in [0.15, 0.2) is 0 Å². The molecule has 19 heavy (non-hydrogen) atoms. The number of aromatic nitrogens is 2. The summed E-state index contributed by atoms with van der Waals surface area (Å²) in [4.78, 5) is 13.8. The zero-order chi connectivity index (χ0) is 13.8.